The molecule has 3 aromatic rings. The topological polar surface area (TPSA) is 72.7 Å². The zero-order chi connectivity index (χ0) is 19.6. The Morgan fingerprint density at radius 3 is 2.67 bits per heavy atom. The number of nitrogens with zero attached hydrogens (tertiary/aromatic N) is 4. The van der Waals surface area contributed by atoms with E-state index in [-0.39, 0.29) is 17.3 Å². The van der Waals surface area contributed by atoms with Crippen molar-refractivity contribution in [2.24, 2.45) is 0 Å². The molecule has 0 radical (unpaired) electrons. The van der Waals surface area contributed by atoms with Crippen molar-refractivity contribution in [3.63, 3.8) is 0 Å². The Bertz CT molecular complexity index is 992. The number of benzene rings is 2. The van der Waals surface area contributed by atoms with Crippen molar-refractivity contribution in [3.8, 4) is 11.4 Å². The van der Waals surface area contributed by atoms with E-state index < -0.39 is 17.6 Å². The van der Waals surface area contributed by atoms with Gasteiger partial charge in [-0.1, -0.05) is 39.7 Å². The molecule has 0 bridgehead atoms. The lowest BCUT2D eigenvalue weighted by Crippen LogP contribution is -2.21. The van der Waals surface area contributed by atoms with Crippen LogP contribution in [-0.2, 0) is 17.5 Å². The average Bonchev–Trinajstić information content (AvgIpc) is 3.04. The molecule has 1 amide bonds. The molecule has 0 spiro atoms. The number of rotatable bonds is 4. The van der Waals surface area contributed by atoms with Gasteiger partial charge >= 0.3 is 6.18 Å². The fraction of sp³-hybridized carbons (Fsp3) is 0.125. The van der Waals surface area contributed by atoms with Gasteiger partial charge in [-0.2, -0.15) is 18.0 Å². The Morgan fingerprint density at radius 2 is 1.96 bits per heavy atom. The van der Waals surface area contributed by atoms with Crippen LogP contribution in [0.3, 0.4) is 0 Å². The summed E-state index contributed by atoms with van der Waals surface area (Å²) in [5.74, 6) is -0.348. The van der Waals surface area contributed by atoms with Crippen LogP contribution in [0.2, 0.25) is 5.02 Å². The van der Waals surface area contributed by atoms with Crippen molar-refractivity contribution in [1.82, 2.24) is 20.2 Å². The van der Waals surface area contributed by atoms with E-state index in [0.29, 0.717) is 11.4 Å². The quantitative estimate of drug-likeness (QED) is 0.626. The molecule has 3 rings (SSSR count). The molecule has 11 heteroatoms. The summed E-state index contributed by atoms with van der Waals surface area (Å²) in [4.78, 5) is 13.2. The van der Waals surface area contributed by atoms with Crippen molar-refractivity contribution < 1.29 is 18.0 Å². The summed E-state index contributed by atoms with van der Waals surface area (Å²) in [5.41, 5.74) is -0.384. The van der Waals surface area contributed by atoms with Crippen molar-refractivity contribution >= 4 is 39.1 Å². The summed E-state index contributed by atoms with van der Waals surface area (Å²) in [5, 5.41) is 14.0. The highest BCUT2D eigenvalue weighted by molar-refractivity contribution is 9.10. The van der Waals surface area contributed by atoms with Gasteiger partial charge < -0.3 is 5.32 Å². The number of amides is 1. The Hall–Kier alpha value is -2.46. The van der Waals surface area contributed by atoms with Crippen LogP contribution in [0.15, 0.2) is 46.9 Å². The Morgan fingerprint density at radius 1 is 1.22 bits per heavy atom. The van der Waals surface area contributed by atoms with E-state index in [1.165, 1.54) is 0 Å². The van der Waals surface area contributed by atoms with Crippen molar-refractivity contribution in [3.05, 3.63) is 57.5 Å². The molecule has 2 aromatic carbocycles. The number of hydrogen-bond donors (Lipinski definition) is 1. The summed E-state index contributed by atoms with van der Waals surface area (Å²) < 4.78 is 39.1. The number of anilines is 1. The van der Waals surface area contributed by atoms with Crippen molar-refractivity contribution in [1.29, 1.82) is 0 Å². The van der Waals surface area contributed by atoms with E-state index in [0.717, 1.165) is 27.5 Å². The van der Waals surface area contributed by atoms with Crippen molar-refractivity contribution in [2.45, 2.75) is 12.7 Å². The monoisotopic (exact) mass is 459 g/mol. The highest BCUT2D eigenvalue weighted by atomic mass is 79.9. The Kier molecular flexibility index (Phi) is 5.47. The second-order valence-electron chi connectivity index (χ2n) is 5.36. The first-order chi connectivity index (χ1) is 12.7. The molecule has 0 fully saturated rings. The van der Waals surface area contributed by atoms with E-state index in [1.54, 1.807) is 18.2 Å². The van der Waals surface area contributed by atoms with Gasteiger partial charge in [0.15, 0.2) is 0 Å². The number of halogens is 5. The molecule has 6 nitrogen and oxygen atoms in total. The predicted molar refractivity (Wildman–Crippen MR) is 96.0 cm³/mol. The van der Waals surface area contributed by atoms with Gasteiger partial charge in [0.05, 0.1) is 16.3 Å². The number of alkyl halides is 3. The number of carbonyl (C=O) groups is 1. The summed E-state index contributed by atoms with van der Waals surface area (Å²) in [6, 6.07) is 9.86. The summed E-state index contributed by atoms with van der Waals surface area (Å²) >= 11 is 9.22. The van der Waals surface area contributed by atoms with Gasteiger partial charge in [-0.05, 0) is 35.5 Å². The first-order valence-corrected chi connectivity index (χ1v) is 8.60. The van der Waals surface area contributed by atoms with Crippen molar-refractivity contribution in [2.75, 3.05) is 5.32 Å². The normalized spacial score (nSPS) is 11.4. The van der Waals surface area contributed by atoms with Crippen LogP contribution >= 0.6 is 27.5 Å². The number of nitrogens with one attached hydrogen (secondary N) is 1. The van der Waals surface area contributed by atoms with Gasteiger partial charge in [0.25, 0.3) is 0 Å². The fourth-order valence-electron chi connectivity index (χ4n) is 2.18. The standard InChI is InChI=1S/C16H10BrClF3N5O/c17-11-4-2-1-3-10(11)15-23-25-26(24-15)8-14(27)22-13-7-9(16(19,20)21)5-6-12(13)18/h1-7H,8H2,(H,22,27). The third-order valence-electron chi connectivity index (χ3n) is 3.42. The van der Waals surface area contributed by atoms with Crippen LogP contribution in [-0.4, -0.2) is 26.1 Å². The van der Waals surface area contributed by atoms with Crippen LogP contribution in [0.4, 0.5) is 18.9 Å². The van der Waals surface area contributed by atoms with E-state index in [1.807, 2.05) is 6.07 Å². The average molecular weight is 461 g/mol. The fourth-order valence-corrected chi connectivity index (χ4v) is 2.80. The molecule has 1 aromatic heterocycles. The third-order valence-corrected chi connectivity index (χ3v) is 4.44. The highest BCUT2D eigenvalue weighted by Crippen LogP contribution is 2.33. The molecule has 27 heavy (non-hydrogen) atoms. The SMILES string of the molecule is O=C(Cn1nnc(-c2ccccc2Br)n1)Nc1cc(C(F)(F)F)ccc1Cl. The molecule has 0 aliphatic rings. The second-order valence-corrected chi connectivity index (χ2v) is 6.63. The summed E-state index contributed by atoms with van der Waals surface area (Å²) in [6.45, 7) is -0.343. The van der Waals surface area contributed by atoms with Gasteiger partial charge in [0.1, 0.15) is 6.54 Å². The number of tetrazole rings is 1. The summed E-state index contributed by atoms with van der Waals surface area (Å²) in [6.07, 6.45) is -4.55. The molecule has 0 saturated carbocycles. The minimum atomic E-state index is -4.55. The Balaban J connectivity index is 1.73. The van der Waals surface area contributed by atoms with Crippen LogP contribution < -0.4 is 5.32 Å². The smallest absolute Gasteiger partial charge is 0.323 e. The molecular weight excluding hydrogens is 451 g/mol. The minimum absolute atomic E-state index is 0.0168. The van der Waals surface area contributed by atoms with E-state index in [2.05, 4.69) is 36.7 Å². The largest absolute Gasteiger partial charge is 0.416 e. The third kappa shape index (κ3) is 4.64. The van der Waals surface area contributed by atoms with Gasteiger partial charge in [0, 0.05) is 10.0 Å². The zero-order valence-electron chi connectivity index (χ0n) is 13.3. The second kappa shape index (κ2) is 7.65. The minimum Gasteiger partial charge on any atom is -0.323 e. The maximum atomic E-state index is 12.8. The number of hydrogen-bond acceptors (Lipinski definition) is 4. The molecule has 1 N–H and O–H groups in total. The van der Waals surface area contributed by atoms with E-state index >= 15 is 0 Å². The lowest BCUT2D eigenvalue weighted by atomic mass is 10.2. The maximum Gasteiger partial charge on any atom is 0.416 e. The van der Waals surface area contributed by atoms with Gasteiger partial charge in [0.2, 0.25) is 11.7 Å². The molecule has 0 aliphatic heterocycles. The van der Waals surface area contributed by atoms with Crippen LogP contribution in [0.25, 0.3) is 11.4 Å². The van der Waals surface area contributed by atoms with Crippen LogP contribution in [0.5, 0.6) is 0 Å². The first kappa shape index (κ1) is 19.3. The first-order valence-electron chi connectivity index (χ1n) is 7.43. The molecule has 0 atom stereocenters. The van der Waals surface area contributed by atoms with E-state index in [9.17, 15) is 18.0 Å². The molecule has 140 valence electrons. The van der Waals surface area contributed by atoms with Gasteiger partial charge in [-0.3, -0.25) is 4.79 Å². The number of aromatic nitrogens is 4. The van der Waals surface area contributed by atoms with E-state index in [4.69, 9.17) is 11.6 Å². The lowest BCUT2D eigenvalue weighted by molar-refractivity contribution is -0.137. The lowest BCUT2D eigenvalue weighted by Gasteiger charge is -2.11. The Labute approximate surface area is 164 Å². The summed E-state index contributed by atoms with van der Waals surface area (Å²) in [7, 11) is 0. The predicted octanol–water partition coefficient (Wildman–Crippen LogP) is 4.41. The van der Waals surface area contributed by atoms with Gasteiger partial charge in [-0.15, -0.1) is 10.2 Å². The number of carbonyl (C=O) groups excluding carboxylic acids is 1. The zero-order valence-corrected chi connectivity index (χ0v) is 15.7. The van der Waals surface area contributed by atoms with Crippen LogP contribution in [0.1, 0.15) is 5.56 Å². The molecule has 0 aliphatic carbocycles. The molecule has 0 saturated heterocycles. The highest BCUT2D eigenvalue weighted by Gasteiger charge is 2.31. The molecule has 1 heterocycles. The molecule has 0 unspecified atom stereocenters. The molecular formula is C16H10BrClF3N5O. The van der Waals surface area contributed by atoms with Crippen LogP contribution in [0, 0.1) is 0 Å². The van der Waals surface area contributed by atoms with Gasteiger partial charge in [-0.25, -0.2) is 0 Å². The maximum absolute atomic E-state index is 12.8.